The van der Waals surface area contributed by atoms with Crippen LogP contribution in [0.4, 0.5) is 5.82 Å². The fraction of sp³-hybridized carbons (Fsp3) is 0. The monoisotopic (exact) mass is 277 g/mol. The second kappa shape index (κ2) is 5.45. The van der Waals surface area contributed by atoms with E-state index in [1.165, 1.54) is 0 Å². The Bertz CT molecular complexity index is 685. The number of carbonyl (C=O) groups excluding carboxylic acids is 1. The van der Waals surface area contributed by atoms with E-state index in [-0.39, 0.29) is 11.0 Å². The van der Waals surface area contributed by atoms with Crippen molar-refractivity contribution in [3.05, 3.63) is 41.6 Å². The molecule has 6 nitrogen and oxygen atoms in total. The molecule has 2 N–H and O–H groups in total. The van der Waals surface area contributed by atoms with E-state index in [2.05, 4.69) is 15.3 Å². The van der Waals surface area contributed by atoms with E-state index < -0.39 is 11.9 Å². The SMILES string of the molecule is O=C(O)/C=C/C(=O)Nc1nc2ccccc2nc1Cl. The van der Waals surface area contributed by atoms with Crippen molar-refractivity contribution in [2.24, 2.45) is 0 Å². The largest absolute Gasteiger partial charge is 0.478 e. The van der Waals surface area contributed by atoms with Crippen LogP contribution in [0.1, 0.15) is 0 Å². The van der Waals surface area contributed by atoms with Gasteiger partial charge < -0.3 is 10.4 Å². The number of hydrogen-bond acceptors (Lipinski definition) is 4. The lowest BCUT2D eigenvalue weighted by atomic mass is 10.3. The van der Waals surface area contributed by atoms with Gasteiger partial charge in [-0.15, -0.1) is 0 Å². The average Bonchev–Trinajstić information content (AvgIpc) is 2.37. The molecule has 96 valence electrons. The Hall–Kier alpha value is -2.47. The second-order valence-electron chi connectivity index (χ2n) is 3.51. The number of benzene rings is 1. The summed E-state index contributed by atoms with van der Waals surface area (Å²) in [6.07, 6.45) is 1.59. The summed E-state index contributed by atoms with van der Waals surface area (Å²) in [6.45, 7) is 0. The van der Waals surface area contributed by atoms with Crippen LogP contribution >= 0.6 is 11.6 Å². The van der Waals surface area contributed by atoms with Gasteiger partial charge in [-0.1, -0.05) is 23.7 Å². The normalized spacial score (nSPS) is 10.8. The molecule has 0 atom stereocenters. The first-order chi connectivity index (χ1) is 9.06. The Morgan fingerprint density at radius 1 is 1.16 bits per heavy atom. The minimum Gasteiger partial charge on any atom is -0.478 e. The van der Waals surface area contributed by atoms with E-state index in [1.807, 2.05) is 0 Å². The standard InChI is InChI=1S/C12H8ClN3O3/c13-11-12(16-9(17)5-6-10(18)19)15-8-4-2-1-3-7(8)14-11/h1-6H,(H,18,19)(H,15,16,17)/b6-5+. The molecule has 0 aliphatic heterocycles. The maximum atomic E-state index is 11.4. The first kappa shape index (κ1) is 13.0. The number of halogens is 1. The summed E-state index contributed by atoms with van der Waals surface area (Å²) in [4.78, 5) is 29.9. The Morgan fingerprint density at radius 2 is 1.79 bits per heavy atom. The first-order valence-corrected chi connectivity index (χ1v) is 5.58. The molecule has 1 aromatic carbocycles. The number of rotatable bonds is 3. The third-order valence-corrected chi connectivity index (χ3v) is 2.41. The molecule has 2 rings (SSSR count). The fourth-order valence-corrected chi connectivity index (χ4v) is 1.54. The van der Waals surface area contributed by atoms with Crippen LogP contribution in [0.5, 0.6) is 0 Å². The third kappa shape index (κ3) is 3.26. The summed E-state index contributed by atoms with van der Waals surface area (Å²) >= 11 is 5.88. The van der Waals surface area contributed by atoms with Crippen LogP contribution in [-0.2, 0) is 9.59 Å². The highest BCUT2D eigenvalue weighted by atomic mass is 35.5. The van der Waals surface area contributed by atoms with Crippen molar-refractivity contribution in [2.45, 2.75) is 0 Å². The van der Waals surface area contributed by atoms with Crippen molar-refractivity contribution in [1.82, 2.24) is 9.97 Å². The smallest absolute Gasteiger partial charge is 0.328 e. The lowest BCUT2D eigenvalue weighted by Gasteiger charge is -2.04. The van der Waals surface area contributed by atoms with Gasteiger partial charge in [-0.2, -0.15) is 0 Å². The van der Waals surface area contributed by atoms with Crippen molar-refractivity contribution in [1.29, 1.82) is 0 Å². The molecular weight excluding hydrogens is 270 g/mol. The molecule has 0 bridgehead atoms. The third-order valence-electron chi connectivity index (χ3n) is 2.15. The van der Waals surface area contributed by atoms with E-state index in [9.17, 15) is 9.59 Å². The number of anilines is 1. The number of nitrogens with one attached hydrogen (secondary N) is 1. The maximum Gasteiger partial charge on any atom is 0.328 e. The predicted molar refractivity (Wildman–Crippen MR) is 70.0 cm³/mol. The number of carbonyl (C=O) groups is 2. The molecule has 0 saturated heterocycles. The van der Waals surface area contributed by atoms with Gasteiger partial charge in [-0.05, 0) is 12.1 Å². The highest BCUT2D eigenvalue weighted by Crippen LogP contribution is 2.20. The van der Waals surface area contributed by atoms with Crippen molar-refractivity contribution in [3.63, 3.8) is 0 Å². The number of hydrogen-bond donors (Lipinski definition) is 2. The Labute approximate surface area is 112 Å². The summed E-state index contributed by atoms with van der Waals surface area (Å²) in [5.41, 5.74) is 1.18. The van der Waals surface area contributed by atoms with Gasteiger partial charge in [0.15, 0.2) is 11.0 Å². The van der Waals surface area contributed by atoms with Crippen LogP contribution in [0.25, 0.3) is 11.0 Å². The molecule has 0 aliphatic carbocycles. The molecule has 2 aromatic rings. The Balaban J connectivity index is 2.27. The quantitative estimate of drug-likeness (QED) is 0.836. The molecule has 1 aromatic heterocycles. The van der Waals surface area contributed by atoms with Crippen LogP contribution in [0.2, 0.25) is 5.15 Å². The van der Waals surface area contributed by atoms with E-state index >= 15 is 0 Å². The molecule has 0 saturated carbocycles. The molecule has 0 fully saturated rings. The summed E-state index contributed by atoms with van der Waals surface area (Å²) in [5.74, 6) is -1.78. The van der Waals surface area contributed by atoms with Gasteiger partial charge in [-0.25, -0.2) is 14.8 Å². The molecular formula is C12H8ClN3O3. The zero-order chi connectivity index (χ0) is 13.8. The number of aromatic nitrogens is 2. The molecule has 1 amide bonds. The van der Waals surface area contributed by atoms with Gasteiger partial charge in [0.2, 0.25) is 5.91 Å². The summed E-state index contributed by atoms with van der Waals surface area (Å²) < 4.78 is 0. The zero-order valence-electron chi connectivity index (χ0n) is 9.50. The van der Waals surface area contributed by atoms with Gasteiger partial charge >= 0.3 is 5.97 Å². The topological polar surface area (TPSA) is 92.2 Å². The average molecular weight is 278 g/mol. The lowest BCUT2D eigenvalue weighted by Crippen LogP contribution is -2.11. The summed E-state index contributed by atoms with van der Waals surface area (Å²) in [7, 11) is 0. The Kier molecular flexibility index (Phi) is 3.72. The highest BCUT2D eigenvalue weighted by molar-refractivity contribution is 6.32. The molecule has 0 radical (unpaired) electrons. The van der Waals surface area contributed by atoms with Gasteiger partial charge in [0.05, 0.1) is 11.0 Å². The van der Waals surface area contributed by atoms with Gasteiger partial charge in [0.1, 0.15) is 0 Å². The number of carboxylic acids is 1. The number of para-hydroxylation sites is 2. The van der Waals surface area contributed by atoms with E-state index in [0.717, 1.165) is 12.2 Å². The number of amides is 1. The first-order valence-electron chi connectivity index (χ1n) is 5.20. The van der Waals surface area contributed by atoms with Gasteiger partial charge in [0.25, 0.3) is 0 Å². The zero-order valence-corrected chi connectivity index (χ0v) is 10.3. The molecule has 0 spiro atoms. The van der Waals surface area contributed by atoms with Crippen LogP contribution in [0, 0.1) is 0 Å². The fourth-order valence-electron chi connectivity index (χ4n) is 1.36. The Morgan fingerprint density at radius 3 is 2.42 bits per heavy atom. The van der Waals surface area contributed by atoms with Gasteiger partial charge in [-0.3, -0.25) is 4.79 Å². The van der Waals surface area contributed by atoms with Crippen molar-refractivity contribution in [3.8, 4) is 0 Å². The molecule has 19 heavy (non-hydrogen) atoms. The molecule has 1 heterocycles. The highest BCUT2D eigenvalue weighted by Gasteiger charge is 2.08. The molecule has 0 unspecified atom stereocenters. The van der Waals surface area contributed by atoms with Crippen molar-refractivity contribution < 1.29 is 14.7 Å². The minimum absolute atomic E-state index is 0.0378. The molecule has 7 heteroatoms. The summed E-state index contributed by atoms with van der Waals surface area (Å²) in [5, 5.41) is 10.8. The predicted octanol–water partition coefficient (Wildman–Crippen LogP) is 1.86. The summed E-state index contributed by atoms with van der Waals surface area (Å²) in [6, 6.07) is 7.04. The number of aliphatic carboxylic acids is 1. The number of carboxylic acid groups (broad SMARTS) is 1. The van der Waals surface area contributed by atoms with Crippen LogP contribution < -0.4 is 5.32 Å². The minimum atomic E-state index is -1.22. The van der Waals surface area contributed by atoms with Crippen molar-refractivity contribution >= 4 is 40.3 Å². The molecule has 0 aliphatic rings. The van der Waals surface area contributed by atoms with Crippen molar-refractivity contribution in [2.75, 3.05) is 5.32 Å². The number of nitrogens with zero attached hydrogens (tertiary/aromatic N) is 2. The maximum absolute atomic E-state index is 11.4. The lowest BCUT2D eigenvalue weighted by molar-refractivity contribution is -0.131. The van der Waals surface area contributed by atoms with E-state index in [1.54, 1.807) is 24.3 Å². The van der Waals surface area contributed by atoms with E-state index in [0.29, 0.717) is 11.0 Å². The van der Waals surface area contributed by atoms with Crippen LogP contribution in [0.15, 0.2) is 36.4 Å². The van der Waals surface area contributed by atoms with Crippen LogP contribution in [0.3, 0.4) is 0 Å². The van der Waals surface area contributed by atoms with Crippen LogP contribution in [-0.4, -0.2) is 27.0 Å². The number of fused-ring (bicyclic) bond motifs is 1. The second-order valence-corrected chi connectivity index (χ2v) is 3.87. The van der Waals surface area contributed by atoms with Gasteiger partial charge in [0, 0.05) is 12.2 Å². The van der Waals surface area contributed by atoms with E-state index in [4.69, 9.17) is 16.7 Å².